The lowest BCUT2D eigenvalue weighted by Crippen LogP contribution is -2.31. The first-order chi connectivity index (χ1) is 13.4. The summed E-state index contributed by atoms with van der Waals surface area (Å²) in [5, 5.41) is 12.3. The second-order valence-electron chi connectivity index (χ2n) is 6.87. The van der Waals surface area contributed by atoms with E-state index >= 15 is 0 Å². The summed E-state index contributed by atoms with van der Waals surface area (Å²) in [6, 6.07) is 19.0. The van der Waals surface area contributed by atoms with E-state index in [4.69, 9.17) is 5.11 Å². The minimum atomic E-state index is -0.944. The molecule has 0 aliphatic carbocycles. The van der Waals surface area contributed by atoms with E-state index in [0.717, 1.165) is 18.1 Å². The van der Waals surface area contributed by atoms with Gasteiger partial charge in [-0.25, -0.2) is 14.8 Å². The van der Waals surface area contributed by atoms with E-state index in [9.17, 15) is 4.79 Å². The molecule has 3 rings (SSSR count). The summed E-state index contributed by atoms with van der Waals surface area (Å²) in [4.78, 5) is 22.3. The molecule has 144 valence electrons. The number of hydrogen-bond acceptors (Lipinski definition) is 5. The first kappa shape index (κ1) is 19.4. The van der Waals surface area contributed by atoms with Gasteiger partial charge in [-0.1, -0.05) is 30.3 Å². The van der Waals surface area contributed by atoms with Crippen LogP contribution in [0.2, 0.25) is 0 Å². The predicted molar refractivity (Wildman–Crippen MR) is 111 cm³/mol. The number of aromatic carboxylic acids is 1. The molecule has 6 nitrogen and oxygen atoms in total. The minimum absolute atomic E-state index is 0.249. The lowest BCUT2D eigenvalue weighted by atomic mass is 10.2. The van der Waals surface area contributed by atoms with E-state index in [-0.39, 0.29) is 11.6 Å². The molecule has 6 heteroatoms. The standard InChI is InChI=1S/C22H24N4O2/c1-15(2)26(14-17-7-5-4-6-8-17)21-13-20(23-16(3)24-21)25-19-11-9-18(10-12-19)22(27)28/h4-13,15H,14H2,1-3H3,(H,27,28)(H,23,24,25). The van der Waals surface area contributed by atoms with Crippen molar-refractivity contribution in [2.24, 2.45) is 0 Å². The highest BCUT2D eigenvalue weighted by molar-refractivity contribution is 5.88. The van der Waals surface area contributed by atoms with Crippen LogP contribution >= 0.6 is 0 Å². The summed E-state index contributed by atoms with van der Waals surface area (Å²) in [5.74, 6) is 1.24. The summed E-state index contributed by atoms with van der Waals surface area (Å²) in [6.45, 7) is 6.89. The van der Waals surface area contributed by atoms with Gasteiger partial charge in [-0.3, -0.25) is 0 Å². The van der Waals surface area contributed by atoms with Gasteiger partial charge in [0.15, 0.2) is 0 Å². The Kier molecular flexibility index (Phi) is 5.89. The van der Waals surface area contributed by atoms with Crippen molar-refractivity contribution >= 4 is 23.3 Å². The van der Waals surface area contributed by atoms with Crippen molar-refractivity contribution in [2.75, 3.05) is 10.2 Å². The van der Waals surface area contributed by atoms with Crippen LogP contribution in [0.25, 0.3) is 0 Å². The molecule has 0 aliphatic heterocycles. The molecule has 0 amide bonds. The smallest absolute Gasteiger partial charge is 0.335 e. The molecule has 0 bridgehead atoms. The maximum absolute atomic E-state index is 11.0. The molecular weight excluding hydrogens is 352 g/mol. The van der Waals surface area contributed by atoms with E-state index in [1.165, 1.54) is 5.56 Å². The van der Waals surface area contributed by atoms with Gasteiger partial charge in [-0.05, 0) is 50.6 Å². The fraction of sp³-hybridized carbons (Fsp3) is 0.227. The van der Waals surface area contributed by atoms with Crippen molar-refractivity contribution in [3.05, 3.63) is 77.6 Å². The molecule has 0 aliphatic rings. The minimum Gasteiger partial charge on any atom is -0.478 e. The van der Waals surface area contributed by atoms with Crippen LogP contribution in [0.3, 0.4) is 0 Å². The second kappa shape index (κ2) is 8.52. The zero-order valence-electron chi connectivity index (χ0n) is 16.3. The van der Waals surface area contributed by atoms with Crippen LogP contribution in [0.5, 0.6) is 0 Å². The molecule has 0 spiro atoms. The summed E-state index contributed by atoms with van der Waals surface area (Å²) in [6.07, 6.45) is 0. The lowest BCUT2D eigenvalue weighted by Gasteiger charge is -2.28. The molecular formula is C22H24N4O2. The Hall–Kier alpha value is -3.41. The van der Waals surface area contributed by atoms with Crippen LogP contribution < -0.4 is 10.2 Å². The van der Waals surface area contributed by atoms with Gasteiger partial charge in [-0.2, -0.15) is 0 Å². The largest absolute Gasteiger partial charge is 0.478 e. The zero-order valence-corrected chi connectivity index (χ0v) is 16.3. The maximum Gasteiger partial charge on any atom is 0.335 e. The van der Waals surface area contributed by atoms with Crippen molar-refractivity contribution < 1.29 is 9.90 Å². The Morgan fingerprint density at radius 3 is 2.36 bits per heavy atom. The van der Waals surface area contributed by atoms with Crippen molar-refractivity contribution in [3.63, 3.8) is 0 Å². The highest BCUT2D eigenvalue weighted by Gasteiger charge is 2.15. The van der Waals surface area contributed by atoms with Gasteiger partial charge in [-0.15, -0.1) is 0 Å². The number of nitrogens with one attached hydrogen (secondary N) is 1. The van der Waals surface area contributed by atoms with Crippen LogP contribution in [0.4, 0.5) is 17.3 Å². The average Bonchev–Trinajstić information content (AvgIpc) is 2.66. The molecule has 0 saturated carbocycles. The number of anilines is 3. The fourth-order valence-corrected chi connectivity index (χ4v) is 2.92. The molecule has 0 unspecified atom stereocenters. The van der Waals surface area contributed by atoms with Crippen molar-refractivity contribution in [3.8, 4) is 0 Å². The third-order valence-electron chi connectivity index (χ3n) is 4.34. The number of nitrogens with zero attached hydrogens (tertiary/aromatic N) is 3. The number of hydrogen-bond donors (Lipinski definition) is 2. The predicted octanol–water partition coefficient (Wildman–Crippen LogP) is 4.64. The first-order valence-corrected chi connectivity index (χ1v) is 9.19. The van der Waals surface area contributed by atoms with Gasteiger partial charge in [0.2, 0.25) is 0 Å². The molecule has 0 atom stereocenters. The number of benzene rings is 2. The Labute approximate surface area is 164 Å². The summed E-state index contributed by atoms with van der Waals surface area (Å²) >= 11 is 0. The van der Waals surface area contributed by atoms with Crippen LogP contribution in [-0.4, -0.2) is 27.1 Å². The number of aromatic nitrogens is 2. The van der Waals surface area contributed by atoms with E-state index in [1.54, 1.807) is 24.3 Å². The van der Waals surface area contributed by atoms with Gasteiger partial charge in [0.05, 0.1) is 5.56 Å². The molecule has 2 N–H and O–H groups in total. The van der Waals surface area contributed by atoms with E-state index in [0.29, 0.717) is 11.6 Å². The Morgan fingerprint density at radius 1 is 1.07 bits per heavy atom. The van der Waals surface area contributed by atoms with E-state index in [2.05, 4.69) is 46.2 Å². The van der Waals surface area contributed by atoms with Gasteiger partial charge in [0.1, 0.15) is 17.5 Å². The molecule has 28 heavy (non-hydrogen) atoms. The first-order valence-electron chi connectivity index (χ1n) is 9.19. The van der Waals surface area contributed by atoms with Crippen molar-refractivity contribution in [1.29, 1.82) is 0 Å². The van der Waals surface area contributed by atoms with Crippen LogP contribution in [0, 0.1) is 6.92 Å². The number of carbonyl (C=O) groups is 1. The molecule has 3 aromatic rings. The highest BCUT2D eigenvalue weighted by Crippen LogP contribution is 2.23. The van der Waals surface area contributed by atoms with Crippen molar-refractivity contribution in [1.82, 2.24) is 9.97 Å². The molecule has 1 heterocycles. The maximum atomic E-state index is 11.0. The number of aryl methyl sites for hydroxylation is 1. The van der Waals surface area contributed by atoms with Crippen LogP contribution in [-0.2, 0) is 6.54 Å². The van der Waals surface area contributed by atoms with Crippen LogP contribution in [0.1, 0.15) is 35.6 Å². The summed E-state index contributed by atoms with van der Waals surface area (Å²) in [7, 11) is 0. The molecule has 0 radical (unpaired) electrons. The lowest BCUT2D eigenvalue weighted by molar-refractivity contribution is 0.0697. The molecule has 2 aromatic carbocycles. The van der Waals surface area contributed by atoms with E-state index in [1.807, 2.05) is 31.2 Å². The van der Waals surface area contributed by atoms with Gasteiger partial charge >= 0.3 is 5.97 Å². The van der Waals surface area contributed by atoms with E-state index < -0.39 is 5.97 Å². The quantitative estimate of drug-likeness (QED) is 0.625. The van der Waals surface area contributed by atoms with Crippen molar-refractivity contribution in [2.45, 2.75) is 33.4 Å². The summed E-state index contributed by atoms with van der Waals surface area (Å²) < 4.78 is 0. The van der Waals surface area contributed by atoms with Gasteiger partial charge in [0.25, 0.3) is 0 Å². The Morgan fingerprint density at radius 2 is 1.75 bits per heavy atom. The topological polar surface area (TPSA) is 78.3 Å². The number of carboxylic acids is 1. The van der Waals surface area contributed by atoms with Crippen LogP contribution in [0.15, 0.2) is 60.7 Å². The zero-order chi connectivity index (χ0) is 20.1. The highest BCUT2D eigenvalue weighted by atomic mass is 16.4. The number of rotatable bonds is 7. The molecule has 0 fully saturated rings. The monoisotopic (exact) mass is 376 g/mol. The Balaban J connectivity index is 1.85. The normalized spacial score (nSPS) is 10.7. The fourth-order valence-electron chi connectivity index (χ4n) is 2.92. The summed E-state index contributed by atoms with van der Waals surface area (Å²) in [5.41, 5.74) is 2.23. The number of carboxylic acid groups (broad SMARTS) is 1. The Bertz CT molecular complexity index is 941. The third kappa shape index (κ3) is 4.85. The van der Waals surface area contributed by atoms with Gasteiger partial charge < -0.3 is 15.3 Å². The average molecular weight is 376 g/mol. The second-order valence-corrected chi connectivity index (χ2v) is 6.87. The molecule has 0 saturated heterocycles. The SMILES string of the molecule is Cc1nc(Nc2ccc(C(=O)O)cc2)cc(N(Cc2ccccc2)C(C)C)n1. The van der Waals surface area contributed by atoms with Gasteiger partial charge in [0, 0.05) is 24.3 Å². The third-order valence-corrected chi connectivity index (χ3v) is 4.34. The molecule has 1 aromatic heterocycles.